The maximum absolute atomic E-state index is 10.5. The maximum atomic E-state index is 10.5. The average molecular weight is 168 g/mol. The highest BCUT2D eigenvalue weighted by atomic mass is 16.5. The van der Waals surface area contributed by atoms with Crippen molar-refractivity contribution in [2.45, 2.75) is 19.3 Å². The molecule has 0 radical (unpaired) electrons. The Morgan fingerprint density at radius 3 is 2.92 bits per heavy atom. The van der Waals surface area contributed by atoms with Crippen LogP contribution in [0.4, 0.5) is 0 Å². The number of hydrogen-bond acceptors (Lipinski definition) is 4. The van der Waals surface area contributed by atoms with E-state index in [1.807, 2.05) is 0 Å². The van der Waals surface area contributed by atoms with Gasteiger partial charge < -0.3 is 9.63 Å². The van der Waals surface area contributed by atoms with E-state index in [1.165, 1.54) is 0 Å². The van der Waals surface area contributed by atoms with Gasteiger partial charge in [-0.1, -0.05) is 5.16 Å². The smallest absolute Gasteiger partial charge is 0.307 e. The van der Waals surface area contributed by atoms with Crippen LogP contribution in [0.1, 0.15) is 24.1 Å². The van der Waals surface area contributed by atoms with Crippen molar-refractivity contribution in [1.82, 2.24) is 10.1 Å². The lowest BCUT2D eigenvalue weighted by atomic mass is 10.3. The third kappa shape index (κ3) is 1.07. The third-order valence-electron chi connectivity index (χ3n) is 1.97. The number of aliphatic carboxylic acids is 1. The van der Waals surface area contributed by atoms with E-state index in [9.17, 15) is 4.79 Å². The minimum atomic E-state index is -0.782. The Morgan fingerprint density at radius 2 is 2.50 bits per heavy atom. The number of carboxylic acids is 1. The summed E-state index contributed by atoms with van der Waals surface area (Å²) >= 11 is 0. The van der Waals surface area contributed by atoms with Crippen LogP contribution in [0.15, 0.2) is 4.52 Å². The molecule has 1 aromatic heterocycles. The summed E-state index contributed by atoms with van der Waals surface area (Å²) in [5.41, 5.74) is 0. The Morgan fingerprint density at radius 1 is 1.75 bits per heavy atom. The minimum absolute atomic E-state index is 0.0521. The minimum Gasteiger partial charge on any atom is -0.481 e. The predicted molar refractivity (Wildman–Crippen MR) is 37.5 cm³/mol. The summed E-state index contributed by atoms with van der Waals surface area (Å²) in [5.74, 6) is -0.134. The topological polar surface area (TPSA) is 76.2 Å². The highest BCUT2D eigenvalue weighted by Gasteiger charge is 2.47. The Balaban J connectivity index is 2.10. The van der Waals surface area contributed by atoms with E-state index < -0.39 is 5.97 Å². The fourth-order valence-corrected chi connectivity index (χ4v) is 1.20. The first-order chi connectivity index (χ1) is 5.68. The maximum Gasteiger partial charge on any atom is 0.307 e. The van der Waals surface area contributed by atoms with Crippen LogP contribution < -0.4 is 0 Å². The summed E-state index contributed by atoms with van der Waals surface area (Å²) in [4.78, 5) is 14.4. The van der Waals surface area contributed by atoms with Crippen LogP contribution in [-0.4, -0.2) is 21.2 Å². The van der Waals surface area contributed by atoms with Crippen molar-refractivity contribution in [3.63, 3.8) is 0 Å². The van der Waals surface area contributed by atoms with E-state index in [0.29, 0.717) is 18.1 Å². The summed E-state index contributed by atoms with van der Waals surface area (Å²) in [6.07, 6.45) is 0.622. The van der Waals surface area contributed by atoms with Crippen molar-refractivity contribution in [3.8, 4) is 0 Å². The van der Waals surface area contributed by atoms with Crippen LogP contribution in [0.2, 0.25) is 0 Å². The molecule has 1 aliphatic rings. The second-order valence-corrected chi connectivity index (χ2v) is 2.97. The SMILES string of the molecule is Cc1noc([C@H]2C[C@@H]2C(=O)O)n1. The number of aromatic nitrogens is 2. The van der Waals surface area contributed by atoms with Crippen LogP contribution in [-0.2, 0) is 4.79 Å². The zero-order valence-corrected chi connectivity index (χ0v) is 6.52. The first-order valence-electron chi connectivity index (χ1n) is 3.71. The number of nitrogens with zero attached hydrogens (tertiary/aromatic N) is 2. The molecule has 0 spiro atoms. The van der Waals surface area contributed by atoms with Crippen LogP contribution in [0.3, 0.4) is 0 Å². The first-order valence-corrected chi connectivity index (χ1v) is 3.71. The molecule has 0 unspecified atom stereocenters. The number of aryl methyl sites for hydroxylation is 1. The van der Waals surface area contributed by atoms with Crippen LogP contribution in [0.25, 0.3) is 0 Å². The number of carbonyl (C=O) groups is 1. The monoisotopic (exact) mass is 168 g/mol. The normalized spacial score (nSPS) is 27.1. The molecule has 1 saturated carbocycles. The molecule has 5 heteroatoms. The van der Waals surface area contributed by atoms with Gasteiger partial charge in [0.15, 0.2) is 5.82 Å². The molecule has 0 aliphatic heterocycles. The van der Waals surface area contributed by atoms with Gasteiger partial charge in [0, 0.05) is 0 Å². The quantitative estimate of drug-likeness (QED) is 0.698. The molecule has 0 saturated heterocycles. The summed E-state index contributed by atoms with van der Waals surface area (Å²) < 4.78 is 4.84. The predicted octanol–water partition coefficient (Wildman–Crippen LogP) is 0.566. The molecule has 0 aromatic carbocycles. The van der Waals surface area contributed by atoms with Crippen LogP contribution in [0.5, 0.6) is 0 Å². The van der Waals surface area contributed by atoms with Crippen molar-refractivity contribution < 1.29 is 14.4 Å². The molecule has 1 N–H and O–H groups in total. The second kappa shape index (κ2) is 2.30. The van der Waals surface area contributed by atoms with E-state index in [0.717, 1.165) is 0 Å². The fraction of sp³-hybridized carbons (Fsp3) is 0.571. The lowest BCUT2D eigenvalue weighted by molar-refractivity contribution is -0.138. The molecular formula is C7H8N2O3. The Hall–Kier alpha value is -1.39. The summed E-state index contributed by atoms with van der Waals surface area (Å²) in [6, 6.07) is 0. The standard InChI is InChI=1S/C7H8N2O3/c1-3-8-6(12-9-3)4-2-5(4)7(10)11/h4-5H,2H2,1H3,(H,10,11)/t4-,5-/m0/s1. The van der Waals surface area contributed by atoms with Gasteiger partial charge in [-0.15, -0.1) is 0 Å². The van der Waals surface area contributed by atoms with Gasteiger partial charge in [0.25, 0.3) is 0 Å². The largest absolute Gasteiger partial charge is 0.481 e. The average Bonchev–Trinajstić information content (AvgIpc) is 2.70. The molecule has 2 rings (SSSR count). The molecule has 1 aliphatic carbocycles. The summed E-state index contributed by atoms with van der Waals surface area (Å²) in [6.45, 7) is 1.71. The van der Waals surface area contributed by atoms with Crippen molar-refractivity contribution in [2.75, 3.05) is 0 Å². The molecular weight excluding hydrogens is 160 g/mol. The summed E-state index contributed by atoms with van der Waals surface area (Å²) in [5, 5.41) is 12.2. The molecule has 1 aromatic rings. The Kier molecular flexibility index (Phi) is 1.39. The van der Waals surface area contributed by atoms with E-state index >= 15 is 0 Å². The molecule has 0 bridgehead atoms. The Labute approximate surface area is 68.4 Å². The first kappa shape index (κ1) is 7.27. The zero-order chi connectivity index (χ0) is 8.72. The lowest BCUT2D eigenvalue weighted by Crippen LogP contribution is -1.98. The van der Waals surface area contributed by atoms with Gasteiger partial charge in [-0.2, -0.15) is 4.98 Å². The molecule has 1 heterocycles. The number of rotatable bonds is 2. The highest BCUT2D eigenvalue weighted by molar-refractivity contribution is 5.74. The van der Waals surface area contributed by atoms with Crippen LogP contribution >= 0.6 is 0 Å². The number of carboxylic acid groups (broad SMARTS) is 1. The molecule has 5 nitrogen and oxygen atoms in total. The lowest BCUT2D eigenvalue weighted by Gasteiger charge is -1.85. The van der Waals surface area contributed by atoms with Gasteiger partial charge in [-0.05, 0) is 13.3 Å². The third-order valence-corrected chi connectivity index (χ3v) is 1.97. The number of hydrogen-bond donors (Lipinski definition) is 1. The molecule has 2 atom stereocenters. The Bertz CT molecular complexity index is 320. The van der Waals surface area contributed by atoms with Gasteiger partial charge in [0.2, 0.25) is 5.89 Å². The van der Waals surface area contributed by atoms with Crippen molar-refractivity contribution in [2.24, 2.45) is 5.92 Å². The molecule has 64 valence electrons. The van der Waals surface area contributed by atoms with Gasteiger partial charge in [0.05, 0.1) is 11.8 Å². The second-order valence-electron chi connectivity index (χ2n) is 2.97. The van der Waals surface area contributed by atoms with Gasteiger partial charge in [-0.3, -0.25) is 4.79 Å². The highest BCUT2D eigenvalue weighted by Crippen LogP contribution is 2.46. The van der Waals surface area contributed by atoms with E-state index in [2.05, 4.69) is 10.1 Å². The zero-order valence-electron chi connectivity index (χ0n) is 6.52. The molecule has 1 fully saturated rings. The van der Waals surface area contributed by atoms with E-state index in [-0.39, 0.29) is 11.8 Å². The van der Waals surface area contributed by atoms with Gasteiger partial charge in [-0.25, -0.2) is 0 Å². The van der Waals surface area contributed by atoms with Crippen molar-refractivity contribution >= 4 is 5.97 Å². The van der Waals surface area contributed by atoms with Crippen molar-refractivity contribution in [3.05, 3.63) is 11.7 Å². The summed E-state index contributed by atoms with van der Waals surface area (Å²) in [7, 11) is 0. The van der Waals surface area contributed by atoms with Gasteiger partial charge in [0.1, 0.15) is 0 Å². The molecule has 0 amide bonds. The van der Waals surface area contributed by atoms with Gasteiger partial charge >= 0.3 is 5.97 Å². The fourth-order valence-electron chi connectivity index (χ4n) is 1.20. The molecule has 12 heavy (non-hydrogen) atoms. The van der Waals surface area contributed by atoms with E-state index in [4.69, 9.17) is 9.63 Å². The van der Waals surface area contributed by atoms with Crippen molar-refractivity contribution in [1.29, 1.82) is 0 Å². The van der Waals surface area contributed by atoms with E-state index in [1.54, 1.807) is 6.92 Å². The van der Waals surface area contributed by atoms with Crippen LogP contribution in [0, 0.1) is 12.8 Å².